The average Bonchev–Trinajstić information content (AvgIpc) is 1.90. The van der Waals surface area contributed by atoms with Gasteiger partial charge in [0.15, 0.2) is 0 Å². The Hall–Kier alpha value is -0.677. The van der Waals surface area contributed by atoms with Crippen LogP contribution in [-0.2, 0) is 0 Å². The Morgan fingerprint density at radius 1 is 1.22 bits per heavy atom. The molecule has 0 atom stereocenters. The van der Waals surface area contributed by atoms with Gasteiger partial charge in [0.1, 0.15) is 0 Å². The van der Waals surface area contributed by atoms with Gasteiger partial charge in [-0.15, -0.1) is 0 Å². The van der Waals surface area contributed by atoms with Gasteiger partial charge in [-0.1, -0.05) is 0 Å². The molecule has 0 aliphatic heterocycles. The predicted octanol–water partition coefficient (Wildman–Crippen LogP) is -0.341. The van der Waals surface area contributed by atoms with Crippen molar-refractivity contribution in [2.24, 2.45) is 0 Å². The van der Waals surface area contributed by atoms with Crippen LogP contribution in [0.15, 0.2) is 24.3 Å². The molecule has 0 N–H and O–H groups in total. The zero-order valence-electron chi connectivity index (χ0n) is 5.39. The van der Waals surface area contributed by atoms with Crippen LogP contribution in [0, 0.1) is 12.3 Å². The molecule has 0 heterocycles. The molecule has 1 heteroatoms. The molecule has 0 amide bonds. The number of terminal acetylenes is 1. The molecule has 0 nitrogen and oxygen atoms in total. The van der Waals surface area contributed by atoms with Gasteiger partial charge >= 0.3 is 63.1 Å². The van der Waals surface area contributed by atoms with Gasteiger partial charge in [-0.05, 0) is 0 Å². The molecule has 44 valence electrons. The van der Waals surface area contributed by atoms with Crippen LogP contribution in [0.2, 0.25) is 0 Å². The Bertz CT molecular complexity index is 228. The van der Waals surface area contributed by atoms with E-state index in [-0.39, 0.29) is 0 Å². The Morgan fingerprint density at radius 2 is 1.78 bits per heavy atom. The molecule has 0 fully saturated rings. The zero-order chi connectivity index (χ0) is 6.69. The van der Waals surface area contributed by atoms with Crippen LogP contribution in [0.25, 0.3) is 0 Å². The number of hydrogen-bond donors (Lipinski definition) is 0. The third-order valence-corrected chi connectivity index (χ3v) is 2.62. The molecule has 0 aromatic heterocycles. The Kier molecular flexibility index (Phi) is 1.97. The van der Waals surface area contributed by atoms with E-state index in [4.69, 9.17) is 6.42 Å². The topological polar surface area (TPSA) is 0 Å². The number of benzene rings is 1. The average molecular weight is 177 g/mol. The van der Waals surface area contributed by atoms with E-state index in [1.807, 2.05) is 12.1 Å². The fraction of sp³-hybridized carbons (Fsp3) is 0. The minimum atomic E-state index is 0.778. The summed E-state index contributed by atoms with van der Waals surface area (Å²) in [6, 6.07) is 8.16. The number of rotatable bonds is 0. The van der Waals surface area contributed by atoms with Gasteiger partial charge in [-0.25, -0.2) is 0 Å². The van der Waals surface area contributed by atoms with Gasteiger partial charge in [0.05, 0.1) is 0 Å². The summed E-state index contributed by atoms with van der Waals surface area (Å²) in [6.07, 6.45) is 5.17. The Balaban J connectivity index is 3.06. The summed E-state index contributed by atoms with van der Waals surface area (Å²) in [4.78, 5) is 0. The first-order valence-corrected chi connectivity index (χ1v) is 4.96. The fourth-order valence-corrected chi connectivity index (χ4v) is 1.35. The van der Waals surface area contributed by atoms with Crippen molar-refractivity contribution in [2.45, 2.75) is 0 Å². The van der Waals surface area contributed by atoms with Crippen molar-refractivity contribution < 1.29 is 0 Å². The predicted molar refractivity (Wildman–Crippen MR) is 44.0 cm³/mol. The van der Waals surface area contributed by atoms with Crippen molar-refractivity contribution in [1.82, 2.24) is 0 Å². The summed E-state index contributed by atoms with van der Waals surface area (Å²) in [6.45, 7) is 0. The molecule has 0 aliphatic rings. The Labute approximate surface area is 63.5 Å². The van der Waals surface area contributed by atoms with E-state index < -0.39 is 0 Å². The van der Waals surface area contributed by atoms with Crippen LogP contribution in [0.3, 0.4) is 0 Å². The summed E-state index contributed by atoms with van der Waals surface area (Å²) in [7, 11) is 0. The third kappa shape index (κ3) is 1.62. The van der Waals surface area contributed by atoms with Crippen LogP contribution in [0.4, 0.5) is 0 Å². The van der Waals surface area contributed by atoms with Gasteiger partial charge in [0.25, 0.3) is 0 Å². The molecule has 1 aromatic carbocycles. The normalized spacial score (nSPS) is 8.78. The first-order valence-electron chi connectivity index (χ1n) is 2.86. The van der Waals surface area contributed by atoms with Crippen LogP contribution in [0.5, 0.6) is 0 Å². The first kappa shape index (κ1) is 6.44. The van der Waals surface area contributed by atoms with Crippen LogP contribution < -0.4 is 4.40 Å². The molecule has 0 radical (unpaired) electrons. The van der Waals surface area contributed by atoms with Crippen molar-refractivity contribution in [3.63, 3.8) is 0 Å². The van der Waals surface area contributed by atoms with Crippen LogP contribution in [0.1, 0.15) is 5.56 Å². The summed E-state index contributed by atoms with van der Waals surface area (Å²) in [5.74, 6) is 2.58. The van der Waals surface area contributed by atoms with Crippen LogP contribution in [-0.4, -0.2) is 16.5 Å². The molecule has 0 spiro atoms. The van der Waals surface area contributed by atoms with E-state index in [0.29, 0.717) is 0 Å². The molecule has 0 unspecified atom stereocenters. The molecular weight excluding hydrogens is 169 g/mol. The molecular formula is C8H8Ge. The molecule has 0 saturated carbocycles. The van der Waals surface area contributed by atoms with E-state index in [2.05, 4.69) is 18.1 Å². The van der Waals surface area contributed by atoms with E-state index in [9.17, 15) is 0 Å². The molecule has 0 bridgehead atoms. The van der Waals surface area contributed by atoms with Crippen molar-refractivity contribution in [1.29, 1.82) is 0 Å². The van der Waals surface area contributed by atoms with Crippen LogP contribution >= 0.6 is 0 Å². The molecule has 1 rings (SSSR count). The maximum absolute atomic E-state index is 5.17. The van der Waals surface area contributed by atoms with Crippen molar-refractivity contribution in [2.75, 3.05) is 0 Å². The molecule has 9 heavy (non-hydrogen) atoms. The molecule has 0 saturated heterocycles. The van der Waals surface area contributed by atoms with Gasteiger partial charge in [-0.2, -0.15) is 0 Å². The second-order valence-corrected chi connectivity index (χ2v) is 4.43. The Morgan fingerprint density at radius 3 is 2.22 bits per heavy atom. The zero-order valence-corrected chi connectivity index (χ0v) is 9.58. The van der Waals surface area contributed by atoms with Crippen molar-refractivity contribution in [3.8, 4) is 12.3 Å². The second-order valence-electron chi connectivity index (χ2n) is 2.01. The molecule has 0 aliphatic carbocycles. The summed E-state index contributed by atoms with van der Waals surface area (Å²) in [5, 5.41) is 0. The minimum absolute atomic E-state index is 0.778. The van der Waals surface area contributed by atoms with E-state index >= 15 is 0 Å². The second kappa shape index (κ2) is 2.75. The standard InChI is InChI=1S/C8H8Ge/c1-2-7-3-5-8(9)6-4-7/h1,3-6H,9H3. The van der Waals surface area contributed by atoms with E-state index in [1.54, 1.807) is 0 Å². The number of hydrogen-bond acceptors (Lipinski definition) is 0. The quantitative estimate of drug-likeness (QED) is 0.375. The summed E-state index contributed by atoms with van der Waals surface area (Å²) in [5.41, 5.74) is 0.975. The molecule has 1 aromatic rings. The fourth-order valence-electron chi connectivity index (χ4n) is 0.650. The third-order valence-electron chi connectivity index (χ3n) is 1.22. The van der Waals surface area contributed by atoms with Gasteiger partial charge in [0, 0.05) is 0 Å². The van der Waals surface area contributed by atoms with Gasteiger partial charge in [0.2, 0.25) is 0 Å². The SMILES string of the molecule is C#Cc1cc[c]([GeH3])cc1. The van der Waals surface area contributed by atoms with Crippen molar-refractivity contribution in [3.05, 3.63) is 29.8 Å². The maximum atomic E-state index is 5.17. The summed E-state index contributed by atoms with van der Waals surface area (Å²) >= 11 is 0.778. The van der Waals surface area contributed by atoms with E-state index in [1.165, 1.54) is 4.40 Å². The van der Waals surface area contributed by atoms with Crippen molar-refractivity contribution >= 4 is 20.9 Å². The summed E-state index contributed by atoms with van der Waals surface area (Å²) < 4.78 is 1.43. The monoisotopic (exact) mass is 178 g/mol. The van der Waals surface area contributed by atoms with E-state index in [0.717, 1.165) is 22.1 Å². The van der Waals surface area contributed by atoms with Gasteiger partial charge < -0.3 is 0 Å². The van der Waals surface area contributed by atoms with Gasteiger partial charge in [-0.3, -0.25) is 0 Å². The first-order chi connectivity index (χ1) is 4.33.